The number of aromatic nitrogens is 1. The molecule has 35 heavy (non-hydrogen) atoms. The van der Waals surface area contributed by atoms with E-state index in [0.717, 1.165) is 21.3 Å². The van der Waals surface area contributed by atoms with E-state index < -0.39 is 12.1 Å². The van der Waals surface area contributed by atoms with Crippen LogP contribution in [0.1, 0.15) is 43.5 Å². The van der Waals surface area contributed by atoms with Gasteiger partial charge in [0.25, 0.3) is 5.91 Å². The fourth-order valence-corrected chi connectivity index (χ4v) is 5.06. The number of allylic oxidation sites excluding steroid dienone is 1. The minimum Gasteiger partial charge on any atom is -0.346 e. The van der Waals surface area contributed by atoms with Crippen molar-refractivity contribution in [1.29, 1.82) is 0 Å². The fourth-order valence-electron chi connectivity index (χ4n) is 3.85. The van der Waals surface area contributed by atoms with Gasteiger partial charge in [-0.05, 0) is 66.4 Å². The molecule has 1 unspecified atom stereocenters. The highest BCUT2D eigenvalue weighted by atomic mass is 35.5. The molecular formula is C27H22ClF3N2OS. The summed E-state index contributed by atoms with van der Waals surface area (Å²) >= 11 is 7.50. The molecule has 180 valence electrons. The molecule has 0 fully saturated rings. The third-order valence-corrected chi connectivity index (χ3v) is 6.75. The van der Waals surface area contributed by atoms with Crippen LogP contribution < -0.4 is 5.32 Å². The molecule has 4 aromatic rings. The Bertz CT molecular complexity index is 1360. The van der Waals surface area contributed by atoms with Crippen molar-refractivity contribution in [2.24, 2.45) is 0 Å². The first-order valence-electron chi connectivity index (χ1n) is 10.9. The number of nitrogens with one attached hydrogen (secondary N) is 1. The number of fused-ring (bicyclic) bond motifs is 1. The van der Waals surface area contributed by atoms with E-state index in [1.165, 1.54) is 29.5 Å². The van der Waals surface area contributed by atoms with E-state index in [2.05, 4.69) is 10.3 Å². The van der Waals surface area contributed by atoms with Gasteiger partial charge in [0.1, 0.15) is 5.01 Å². The zero-order valence-corrected chi connectivity index (χ0v) is 20.6. The molecule has 0 aliphatic heterocycles. The van der Waals surface area contributed by atoms with Gasteiger partial charge in [0.05, 0.1) is 22.7 Å². The highest BCUT2D eigenvalue weighted by Gasteiger charge is 2.39. The predicted octanol–water partition coefficient (Wildman–Crippen LogP) is 7.86. The van der Waals surface area contributed by atoms with Gasteiger partial charge in [-0.25, -0.2) is 4.98 Å². The molecule has 0 radical (unpaired) electrons. The van der Waals surface area contributed by atoms with Crippen molar-refractivity contribution in [3.05, 3.63) is 105 Å². The number of benzene rings is 3. The largest absolute Gasteiger partial charge is 0.399 e. The molecule has 0 aliphatic rings. The first-order chi connectivity index (χ1) is 16.6. The van der Waals surface area contributed by atoms with Crippen molar-refractivity contribution < 1.29 is 18.0 Å². The van der Waals surface area contributed by atoms with Crippen LogP contribution in [0.5, 0.6) is 0 Å². The van der Waals surface area contributed by atoms with Crippen LogP contribution in [-0.4, -0.2) is 17.1 Å². The summed E-state index contributed by atoms with van der Waals surface area (Å²) in [5, 5.41) is 3.93. The van der Waals surface area contributed by atoms with Crippen molar-refractivity contribution in [2.75, 3.05) is 0 Å². The molecule has 1 N–H and O–H groups in total. The summed E-state index contributed by atoms with van der Waals surface area (Å²) in [7, 11) is 0. The number of alkyl halides is 3. The molecule has 0 saturated carbocycles. The van der Waals surface area contributed by atoms with Gasteiger partial charge in [-0.3, -0.25) is 4.79 Å². The van der Waals surface area contributed by atoms with Gasteiger partial charge in [-0.1, -0.05) is 54.1 Å². The third kappa shape index (κ3) is 6.10. The monoisotopic (exact) mass is 514 g/mol. The quantitative estimate of drug-likeness (QED) is 0.284. The molecule has 0 bridgehead atoms. The van der Waals surface area contributed by atoms with Gasteiger partial charge < -0.3 is 5.32 Å². The molecule has 1 atom stereocenters. The van der Waals surface area contributed by atoms with Crippen LogP contribution >= 0.6 is 22.9 Å². The molecule has 1 amide bonds. The van der Waals surface area contributed by atoms with E-state index in [4.69, 9.17) is 11.6 Å². The third-order valence-electron chi connectivity index (χ3n) is 5.49. The van der Waals surface area contributed by atoms with E-state index in [1.54, 1.807) is 38.1 Å². The Morgan fingerprint density at radius 3 is 2.57 bits per heavy atom. The standard InChI is InChI=1S/C27H22ClF3N2OS/c1-16-11-19(14-20(28)12-16)22(27(29,30)31)10-8-18-7-9-21(17(2)13-18)26(34)32-15-25-33-23-5-3-4-6-24(23)35-25/h3-14,22H,15H2,1-2H3,(H,32,34)/b10-8+. The van der Waals surface area contributed by atoms with E-state index in [9.17, 15) is 18.0 Å². The molecule has 1 aromatic heterocycles. The summed E-state index contributed by atoms with van der Waals surface area (Å²) in [6, 6.07) is 17.1. The molecule has 3 aromatic carbocycles. The first-order valence-corrected chi connectivity index (χ1v) is 12.0. The molecular weight excluding hydrogens is 493 g/mol. The first kappa shape index (κ1) is 24.9. The molecule has 8 heteroatoms. The number of carbonyl (C=O) groups is 1. The zero-order valence-electron chi connectivity index (χ0n) is 19.0. The molecule has 4 rings (SSSR count). The smallest absolute Gasteiger partial charge is 0.346 e. The van der Waals surface area contributed by atoms with E-state index in [0.29, 0.717) is 28.8 Å². The number of amides is 1. The number of thiazole rings is 1. The normalized spacial score (nSPS) is 12.9. The number of rotatable bonds is 6. The Balaban J connectivity index is 1.48. The van der Waals surface area contributed by atoms with Crippen LogP contribution in [0.3, 0.4) is 0 Å². The SMILES string of the molecule is Cc1cc(Cl)cc(C(/C=C/c2ccc(C(=O)NCc3nc4ccccc4s3)c(C)c2)C(F)(F)F)c1. The fraction of sp³-hybridized carbons (Fsp3) is 0.185. The summed E-state index contributed by atoms with van der Waals surface area (Å²) in [4.78, 5) is 17.2. The Morgan fingerprint density at radius 2 is 1.89 bits per heavy atom. The van der Waals surface area contributed by atoms with E-state index in [-0.39, 0.29) is 16.5 Å². The van der Waals surface area contributed by atoms with Gasteiger partial charge >= 0.3 is 6.18 Å². The number of aryl methyl sites for hydroxylation is 2. The van der Waals surface area contributed by atoms with E-state index >= 15 is 0 Å². The number of hydrogen-bond donors (Lipinski definition) is 1. The Hall–Kier alpha value is -3.16. The number of nitrogens with zero attached hydrogens (tertiary/aromatic N) is 1. The van der Waals surface area contributed by atoms with E-state index in [1.807, 2.05) is 24.3 Å². The van der Waals surface area contributed by atoms with Gasteiger partial charge in [0.2, 0.25) is 0 Å². The highest BCUT2D eigenvalue weighted by molar-refractivity contribution is 7.18. The summed E-state index contributed by atoms with van der Waals surface area (Å²) in [5.74, 6) is -2.06. The average molecular weight is 515 g/mol. The van der Waals surface area contributed by atoms with Crippen molar-refractivity contribution in [1.82, 2.24) is 10.3 Å². The van der Waals surface area contributed by atoms with Crippen molar-refractivity contribution in [3.8, 4) is 0 Å². The van der Waals surface area contributed by atoms with Crippen LogP contribution in [0.25, 0.3) is 16.3 Å². The van der Waals surface area contributed by atoms with Crippen LogP contribution in [0.15, 0.2) is 66.7 Å². The van der Waals surface area contributed by atoms with Crippen molar-refractivity contribution in [2.45, 2.75) is 32.5 Å². The summed E-state index contributed by atoms with van der Waals surface area (Å²) in [6.07, 6.45) is -1.93. The Labute approximate surface area is 210 Å². The lowest BCUT2D eigenvalue weighted by molar-refractivity contribution is -0.139. The minimum absolute atomic E-state index is 0.0846. The van der Waals surface area contributed by atoms with Gasteiger partial charge in [-0.2, -0.15) is 13.2 Å². The minimum atomic E-state index is -4.47. The summed E-state index contributed by atoms with van der Waals surface area (Å²) in [6.45, 7) is 3.76. The van der Waals surface area contributed by atoms with Crippen LogP contribution in [-0.2, 0) is 6.54 Å². The Kier molecular flexibility index (Phi) is 7.28. The molecule has 3 nitrogen and oxygen atoms in total. The second kappa shape index (κ2) is 10.2. The van der Waals surface area contributed by atoms with Crippen molar-refractivity contribution in [3.63, 3.8) is 0 Å². The number of carbonyl (C=O) groups excluding carboxylic acids is 1. The molecule has 0 saturated heterocycles. The van der Waals surface area contributed by atoms with Gasteiger partial charge in [-0.15, -0.1) is 11.3 Å². The maximum Gasteiger partial charge on any atom is 0.399 e. The molecule has 0 spiro atoms. The van der Waals surface area contributed by atoms with Crippen LogP contribution in [0.4, 0.5) is 13.2 Å². The van der Waals surface area contributed by atoms with Gasteiger partial charge in [0, 0.05) is 10.6 Å². The van der Waals surface area contributed by atoms with Gasteiger partial charge in [0.15, 0.2) is 0 Å². The zero-order chi connectivity index (χ0) is 25.2. The molecule has 0 aliphatic carbocycles. The number of hydrogen-bond acceptors (Lipinski definition) is 3. The van der Waals surface area contributed by atoms with Crippen molar-refractivity contribution >= 4 is 45.1 Å². The predicted molar refractivity (Wildman–Crippen MR) is 136 cm³/mol. The lowest BCUT2D eigenvalue weighted by Gasteiger charge is -2.18. The summed E-state index contributed by atoms with van der Waals surface area (Å²) < 4.78 is 42.3. The van der Waals surface area contributed by atoms with Crippen LogP contribution in [0.2, 0.25) is 5.02 Å². The molecule has 1 heterocycles. The number of para-hydroxylation sites is 1. The topological polar surface area (TPSA) is 42.0 Å². The second-order valence-electron chi connectivity index (χ2n) is 8.27. The maximum absolute atomic E-state index is 13.8. The van der Waals surface area contributed by atoms with Crippen LogP contribution in [0, 0.1) is 13.8 Å². The Morgan fingerprint density at radius 1 is 1.11 bits per heavy atom. The lowest BCUT2D eigenvalue weighted by atomic mass is 9.95. The lowest BCUT2D eigenvalue weighted by Crippen LogP contribution is -2.23. The average Bonchev–Trinajstić information content (AvgIpc) is 3.19. The maximum atomic E-state index is 13.8. The highest BCUT2D eigenvalue weighted by Crippen LogP contribution is 2.38. The summed E-state index contributed by atoms with van der Waals surface area (Å²) in [5.41, 5.74) is 3.32. The number of halogens is 4. The second-order valence-corrected chi connectivity index (χ2v) is 9.82.